The predicted octanol–water partition coefficient (Wildman–Crippen LogP) is 3.37. The molecule has 118 valence electrons. The molecule has 0 aliphatic carbocycles. The molecule has 1 atom stereocenters. The van der Waals surface area contributed by atoms with E-state index >= 15 is 0 Å². The fourth-order valence-corrected chi connectivity index (χ4v) is 2.86. The number of ketones is 1. The molecule has 0 spiro atoms. The van der Waals surface area contributed by atoms with Crippen LogP contribution in [0.4, 0.5) is 0 Å². The van der Waals surface area contributed by atoms with Gasteiger partial charge in [0.05, 0.1) is 23.6 Å². The number of aryl methyl sites for hydroxylation is 1. The van der Waals surface area contributed by atoms with Gasteiger partial charge in [-0.15, -0.1) is 0 Å². The van der Waals surface area contributed by atoms with E-state index in [9.17, 15) is 10.1 Å². The van der Waals surface area contributed by atoms with Crippen LogP contribution in [0.25, 0.3) is 5.69 Å². The summed E-state index contributed by atoms with van der Waals surface area (Å²) in [7, 11) is 0. The predicted molar refractivity (Wildman–Crippen MR) is 90.0 cm³/mol. The molecule has 0 bridgehead atoms. The lowest BCUT2D eigenvalue weighted by atomic mass is 9.95. The molecule has 0 radical (unpaired) electrons. The Labute approximate surface area is 140 Å². The van der Waals surface area contributed by atoms with Crippen molar-refractivity contribution in [3.05, 3.63) is 77.6 Å². The van der Waals surface area contributed by atoms with E-state index in [-0.39, 0.29) is 5.78 Å². The normalized spacial score (nSPS) is 11.7. The van der Waals surface area contributed by atoms with E-state index < -0.39 is 5.92 Å². The summed E-state index contributed by atoms with van der Waals surface area (Å²) >= 11 is 0. The Morgan fingerprint density at radius 3 is 2.67 bits per heavy atom. The lowest BCUT2D eigenvalue weighted by Gasteiger charge is -2.10. The number of hydrogen-bond acceptors (Lipinski definition) is 4. The first-order valence-electron chi connectivity index (χ1n) is 7.57. The van der Waals surface area contributed by atoms with Crippen molar-refractivity contribution < 1.29 is 4.79 Å². The molecular weight excluding hydrogens is 300 g/mol. The number of carbonyl (C=O) groups is 1. The van der Waals surface area contributed by atoms with Crippen molar-refractivity contribution in [3.63, 3.8) is 0 Å². The number of hydrogen-bond donors (Lipinski definition) is 0. The lowest BCUT2D eigenvalue weighted by molar-refractivity contribution is 0.0977. The zero-order valence-electron chi connectivity index (χ0n) is 13.5. The number of nitriles is 1. The van der Waals surface area contributed by atoms with Crippen molar-refractivity contribution in [1.82, 2.24) is 14.5 Å². The molecule has 0 amide bonds. The summed E-state index contributed by atoms with van der Waals surface area (Å²) in [6, 6.07) is 12.9. The van der Waals surface area contributed by atoms with E-state index in [0.717, 1.165) is 17.1 Å². The van der Waals surface area contributed by atoms with Gasteiger partial charge in [0.15, 0.2) is 11.7 Å². The van der Waals surface area contributed by atoms with Gasteiger partial charge in [-0.05, 0) is 44.2 Å². The van der Waals surface area contributed by atoms with Crippen LogP contribution < -0.4 is 0 Å². The van der Waals surface area contributed by atoms with E-state index in [2.05, 4.69) is 16.0 Å². The van der Waals surface area contributed by atoms with Gasteiger partial charge in [-0.2, -0.15) is 5.26 Å². The number of rotatable bonds is 4. The molecule has 0 unspecified atom stereocenters. The Kier molecular flexibility index (Phi) is 4.21. The van der Waals surface area contributed by atoms with Crippen LogP contribution in [-0.2, 0) is 0 Å². The maximum absolute atomic E-state index is 12.9. The SMILES string of the molecule is Cc1cc(C(=O)[C@H](C#N)c2ccccn2)c(C)n1-c1cccnc1. The second-order valence-corrected chi connectivity index (χ2v) is 5.51. The Morgan fingerprint density at radius 1 is 1.21 bits per heavy atom. The highest BCUT2D eigenvalue weighted by atomic mass is 16.1. The number of nitrogens with zero attached hydrogens (tertiary/aromatic N) is 4. The van der Waals surface area contributed by atoms with E-state index in [1.165, 1.54) is 0 Å². The molecule has 0 aromatic carbocycles. The fourth-order valence-electron chi connectivity index (χ4n) is 2.86. The molecule has 0 saturated carbocycles. The van der Waals surface area contributed by atoms with Crippen molar-refractivity contribution in [1.29, 1.82) is 5.26 Å². The number of pyridine rings is 2. The van der Waals surface area contributed by atoms with Crippen molar-refractivity contribution >= 4 is 5.78 Å². The molecule has 0 fully saturated rings. The largest absolute Gasteiger partial charge is 0.316 e. The van der Waals surface area contributed by atoms with Gasteiger partial charge in [0.25, 0.3) is 0 Å². The lowest BCUT2D eigenvalue weighted by Crippen LogP contribution is -2.13. The van der Waals surface area contributed by atoms with Gasteiger partial charge < -0.3 is 4.57 Å². The number of carbonyl (C=O) groups excluding carboxylic acids is 1. The second-order valence-electron chi connectivity index (χ2n) is 5.51. The maximum Gasteiger partial charge on any atom is 0.187 e. The summed E-state index contributed by atoms with van der Waals surface area (Å²) < 4.78 is 1.97. The monoisotopic (exact) mass is 316 g/mol. The molecule has 24 heavy (non-hydrogen) atoms. The molecule has 3 aromatic rings. The van der Waals surface area contributed by atoms with E-state index in [1.807, 2.05) is 36.6 Å². The van der Waals surface area contributed by atoms with Gasteiger partial charge >= 0.3 is 0 Å². The summed E-state index contributed by atoms with van der Waals surface area (Å²) in [6.45, 7) is 3.80. The summed E-state index contributed by atoms with van der Waals surface area (Å²) in [5.41, 5.74) is 3.60. The van der Waals surface area contributed by atoms with E-state index in [1.54, 1.807) is 36.8 Å². The highest BCUT2D eigenvalue weighted by Gasteiger charge is 2.26. The van der Waals surface area contributed by atoms with Crippen molar-refractivity contribution in [2.24, 2.45) is 0 Å². The highest BCUT2D eigenvalue weighted by molar-refractivity contribution is 6.03. The molecule has 0 aliphatic rings. The van der Waals surface area contributed by atoms with Crippen LogP contribution in [0.1, 0.15) is 33.4 Å². The minimum Gasteiger partial charge on any atom is -0.316 e. The van der Waals surface area contributed by atoms with E-state index in [4.69, 9.17) is 0 Å². The first-order chi connectivity index (χ1) is 11.6. The van der Waals surface area contributed by atoms with Crippen molar-refractivity contribution in [2.45, 2.75) is 19.8 Å². The summed E-state index contributed by atoms with van der Waals surface area (Å²) in [4.78, 5) is 21.2. The van der Waals surface area contributed by atoms with E-state index in [0.29, 0.717) is 11.3 Å². The number of Topliss-reactive ketones (excluding diaryl/α,β-unsaturated/α-hetero) is 1. The topological polar surface area (TPSA) is 71.6 Å². The van der Waals surface area contributed by atoms with Crippen LogP contribution in [0, 0.1) is 25.2 Å². The minimum absolute atomic E-state index is 0.237. The Bertz CT molecular complexity index is 908. The van der Waals surface area contributed by atoms with Crippen LogP contribution in [0.15, 0.2) is 55.0 Å². The molecule has 5 heteroatoms. The van der Waals surface area contributed by atoms with Gasteiger partial charge in [0, 0.05) is 29.3 Å². The minimum atomic E-state index is -0.908. The van der Waals surface area contributed by atoms with Crippen LogP contribution in [-0.4, -0.2) is 20.3 Å². The fraction of sp³-hybridized carbons (Fsp3) is 0.158. The highest BCUT2D eigenvalue weighted by Crippen LogP contribution is 2.25. The van der Waals surface area contributed by atoms with Gasteiger partial charge in [-0.3, -0.25) is 14.8 Å². The van der Waals surface area contributed by atoms with Gasteiger partial charge in [-0.25, -0.2) is 0 Å². The number of aromatic nitrogens is 3. The Hall–Kier alpha value is -3.26. The molecular formula is C19H16N4O. The molecule has 3 rings (SSSR count). The van der Waals surface area contributed by atoms with Gasteiger partial charge in [0.2, 0.25) is 0 Å². The summed E-state index contributed by atoms with van der Waals surface area (Å²) in [5, 5.41) is 9.47. The average Bonchev–Trinajstić information content (AvgIpc) is 2.91. The summed E-state index contributed by atoms with van der Waals surface area (Å²) in [6.07, 6.45) is 5.04. The third kappa shape index (κ3) is 2.70. The van der Waals surface area contributed by atoms with Gasteiger partial charge in [-0.1, -0.05) is 6.07 Å². The second kappa shape index (κ2) is 6.47. The first-order valence-corrected chi connectivity index (χ1v) is 7.57. The Balaban J connectivity index is 2.05. The zero-order valence-corrected chi connectivity index (χ0v) is 13.5. The van der Waals surface area contributed by atoms with Crippen molar-refractivity contribution in [3.8, 4) is 11.8 Å². The third-order valence-electron chi connectivity index (χ3n) is 3.98. The Morgan fingerprint density at radius 2 is 2.04 bits per heavy atom. The molecule has 5 nitrogen and oxygen atoms in total. The smallest absolute Gasteiger partial charge is 0.187 e. The van der Waals surface area contributed by atoms with Crippen LogP contribution in [0.3, 0.4) is 0 Å². The standard InChI is InChI=1S/C19H16N4O/c1-13-10-16(14(2)23(13)15-6-5-8-21-12-15)19(24)17(11-20)18-7-3-4-9-22-18/h3-10,12,17H,1-2H3/t17-/m1/s1. The third-order valence-corrected chi connectivity index (χ3v) is 3.98. The first kappa shape index (κ1) is 15.6. The molecule has 3 heterocycles. The van der Waals surface area contributed by atoms with Crippen molar-refractivity contribution in [2.75, 3.05) is 0 Å². The maximum atomic E-state index is 12.9. The van der Waals surface area contributed by atoms with Gasteiger partial charge in [0.1, 0.15) is 0 Å². The zero-order chi connectivity index (χ0) is 17.1. The quantitative estimate of drug-likeness (QED) is 0.692. The van der Waals surface area contributed by atoms with Crippen LogP contribution >= 0.6 is 0 Å². The van der Waals surface area contributed by atoms with Crippen LogP contribution in [0.2, 0.25) is 0 Å². The van der Waals surface area contributed by atoms with Crippen LogP contribution in [0.5, 0.6) is 0 Å². The molecule has 0 saturated heterocycles. The molecule has 3 aromatic heterocycles. The summed E-state index contributed by atoms with van der Waals surface area (Å²) in [5.74, 6) is -1.14. The average molecular weight is 316 g/mol. The molecule has 0 N–H and O–H groups in total. The molecule has 0 aliphatic heterocycles.